The summed E-state index contributed by atoms with van der Waals surface area (Å²) in [7, 11) is 0. The molecular weight excluding hydrogens is 426 g/mol. The number of hydrogen-bond donors (Lipinski definition) is 3. The van der Waals surface area contributed by atoms with Gasteiger partial charge in [-0.1, -0.05) is 19.4 Å². The minimum absolute atomic E-state index is 0.0698. The highest BCUT2D eigenvalue weighted by Crippen LogP contribution is 2.69. The average Bonchev–Trinajstić information content (AvgIpc) is 2.99. The lowest BCUT2D eigenvalue weighted by atomic mass is 9.41. The molecule has 0 aromatic carbocycles. The zero-order valence-electron chi connectivity index (χ0n) is 19.9. The molecule has 1 amide bonds. The number of carbonyl (C=O) groups is 4. The summed E-state index contributed by atoms with van der Waals surface area (Å²) in [6.07, 6.45) is 3.76. The van der Waals surface area contributed by atoms with E-state index in [1.807, 2.05) is 13.8 Å². The highest BCUT2D eigenvalue weighted by molar-refractivity contribution is 5.92. The molecule has 0 radical (unpaired) electrons. The number of hydrogen-bond acceptors (Lipinski definition) is 7. The van der Waals surface area contributed by atoms with Crippen LogP contribution in [0, 0.1) is 22.7 Å². The van der Waals surface area contributed by atoms with E-state index in [0.717, 1.165) is 5.57 Å². The summed E-state index contributed by atoms with van der Waals surface area (Å²) in [5.41, 5.74) is -3.28. The van der Waals surface area contributed by atoms with Crippen LogP contribution in [-0.2, 0) is 23.9 Å². The lowest BCUT2D eigenvalue weighted by molar-refractivity contribution is -0.198. The molecule has 0 unspecified atom stereocenters. The number of esters is 1. The molecule has 0 aromatic rings. The number of aliphatic hydroxyl groups is 2. The fraction of sp³-hybridized carbons (Fsp3) is 0.760. The van der Waals surface area contributed by atoms with Gasteiger partial charge in [-0.3, -0.25) is 19.2 Å². The second-order valence-electron chi connectivity index (χ2n) is 11.0. The van der Waals surface area contributed by atoms with Crippen LogP contribution in [-0.4, -0.2) is 57.5 Å². The summed E-state index contributed by atoms with van der Waals surface area (Å²) >= 11 is 0. The molecule has 0 saturated heterocycles. The Bertz CT molecular complexity index is 943. The number of ether oxygens (including phenoxy) is 1. The van der Waals surface area contributed by atoms with E-state index < -0.39 is 46.4 Å². The van der Waals surface area contributed by atoms with E-state index in [1.54, 1.807) is 6.08 Å². The fourth-order valence-corrected chi connectivity index (χ4v) is 8.01. The van der Waals surface area contributed by atoms with Crippen molar-refractivity contribution >= 4 is 23.4 Å². The van der Waals surface area contributed by atoms with Gasteiger partial charge in [0.1, 0.15) is 5.60 Å². The Morgan fingerprint density at radius 1 is 1.12 bits per heavy atom. The molecule has 0 heterocycles. The molecule has 0 spiro atoms. The van der Waals surface area contributed by atoms with Gasteiger partial charge in [-0.15, -0.1) is 0 Å². The Hall–Kier alpha value is -2.06. The lowest BCUT2D eigenvalue weighted by Crippen LogP contribution is -2.77. The Kier molecular flexibility index (Phi) is 5.64. The highest BCUT2D eigenvalue weighted by Gasteiger charge is 2.73. The third-order valence-corrected chi connectivity index (χ3v) is 9.60. The summed E-state index contributed by atoms with van der Waals surface area (Å²) in [5.74, 6) is -1.63. The van der Waals surface area contributed by atoms with Crippen molar-refractivity contribution in [1.82, 2.24) is 5.32 Å². The van der Waals surface area contributed by atoms with E-state index >= 15 is 0 Å². The van der Waals surface area contributed by atoms with Gasteiger partial charge in [0.15, 0.2) is 12.4 Å². The zero-order valence-corrected chi connectivity index (χ0v) is 19.9. The van der Waals surface area contributed by atoms with Crippen molar-refractivity contribution in [2.45, 2.75) is 89.9 Å². The van der Waals surface area contributed by atoms with Crippen LogP contribution in [0.4, 0.5) is 0 Å². The quantitative estimate of drug-likeness (QED) is 0.542. The molecule has 0 aromatic heterocycles. The molecule has 182 valence electrons. The lowest BCUT2D eigenvalue weighted by Gasteiger charge is -2.67. The van der Waals surface area contributed by atoms with Gasteiger partial charge in [-0.05, 0) is 56.4 Å². The number of fused-ring (bicyclic) bond motifs is 5. The maximum Gasteiger partial charge on any atom is 0.303 e. The van der Waals surface area contributed by atoms with Gasteiger partial charge in [0, 0.05) is 31.1 Å². The van der Waals surface area contributed by atoms with Crippen LogP contribution in [0.1, 0.15) is 72.6 Å². The third-order valence-electron chi connectivity index (χ3n) is 9.60. The molecule has 3 fully saturated rings. The number of amides is 1. The predicted octanol–water partition coefficient (Wildman–Crippen LogP) is 1.61. The first-order chi connectivity index (χ1) is 15.3. The molecule has 8 nitrogen and oxygen atoms in total. The van der Waals surface area contributed by atoms with Crippen molar-refractivity contribution < 1.29 is 34.1 Å². The van der Waals surface area contributed by atoms with Gasteiger partial charge in [-0.25, -0.2) is 0 Å². The summed E-state index contributed by atoms with van der Waals surface area (Å²) in [6.45, 7) is 6.03. The van der Waals surface area contributed by atoms with E-state index in [0.29, 0.717) is 32.1 Å². The maximum absolute atomic E-state index is 13.1. The highest BCUT2D eigenvalue weighted by atomic mass is 16.5. The van der Waals surface area contributed by atoms with Crippen molar-refractivity contribution in [3.8, 4) is 0 Å². The fourth-order valence-electron chi connectivity index (χ4n) is 8.01. The SMILES string of the molecule is CC(=O)N[C@]12[C@H](O)C[C@]3(C)[C@H](CC[C@]3(O)C(=O)COC(C)=O)[C@@H]1CCC1=CC(=O)CC[C@@]12C. The first kappa shape index (κ1) is 24.1. The van der Waals surface area contributed by atoms with Gasteiger partial charge in [0.25, 0.3) is 0 Å². The largest absolute Gasteiger partial charge is 0.458 e. The normalized spacial score (nSPS) is 44.1. The standard InChI is InChI=1S/C25H35NO7/c1-14(27)26-25-19(6-5-16-11-17(29)7-9-22(16,25)3)18-8-10-24(32,21(31)13-33-15(2)28)23(18,4)12-20(25)30/h11,18-20,30,32H,5-10,12-13H2,1-4H3,(H,26,27)/t18-,19+,20-,22+,23-,24+,25+/m1/s1. The number of rotatable bonds is 4. The van der Waals surface area contributed by atoms with Crippen LogP contribution in [0.15, 0.2) is 11.6 Å². The van der Waals surface area contributed by atoms with Crippen LogP contribution in [0.5, 0.6) is 0 Å². The van der Waals surface area contributed by atoms with Gasteiger partial charge >= 0.3 is 5.97 Å². The van der Waals surface area contributed by atoms with Gasteiger partial charge in [0.2, 0.25) is 11.7 Å². The Labute approximate surface area is 194 Å². The van der Waals surface area contributed by atoms with E-state index in [9.17, 15) is 29.4 Å². The average molecular weight is 462 g/mol. The van der Waals surface area contributed by atoms with Crippen molar-refractivity contribution in [3.63, 3.8) is 0 Å². The van der Waals surface area contributed by atoms with Gasteiger partial charge in [0.05, 0.1) is 11.6 Å². The van der Waals surface area contributed by atoms with Crippen LogP contribution in [0.2, 0.25) is 0 Å². The van der Waals surface area contributed by atoms with E-state index in [2.05, 4.69) is 5.32 Å². The second kappa shape index (κ2) is 7.73. The Morgan fingerprint density at radius 2 is 1.82 bits per heavy atom. The third kappa shape index (κ3) is 3.16. The molecular formula is C25H35NO7. The van der Waals surface area contributed by atoms with Gasteiger partial charge < -0.3 is 20.3 Å². The second-order valence-corrected chi connectivity index (χ2v) is 11.0. The Morgan fingerprint density at radius 3 is 2.45 bits per heavy atom. The first-order valence-corrected chi connectivity index (χ1v) is 11.9. The van der Waals surface area contributed by atoms with Crippen LogP contribution >= 0.6 is 0 Å². The van der Waals surface area contributed by atoms with Crippen LogP contribution in [0.25, 0.3) is 0 Å². The smallest absolute Gasteiger partial charge is 0.303 e. The maximum atomic E-state index is 13.1. The molecule has 8 heteroatoms. The number of nitrogens with one attached hydrogen (secondary N) is 1. The monoisotopic (exact) mass is 461 g/mol. The van der Waals surface area contributed by atoms with Crippen molar-refractivity contribution in [3.05, 3.63) is 11.6 Å². The van der Waals surface area contributed by atoms with Crippen molar-refractivity contribution in [1.29, 1.82) is 0 Å². The first-order valence-electron chi connectivity index (χ1n) is 11.9. The Balaban J connectivity index is 1.79. The molecule has 3 saturated carbocycles. The number of ketones is 2. The molecule has 3 N–H and O–H groups in total. The van der Waals surface area contributed by atoms with Crippen molar-refractivity contribution in [2.75, 3.05) is 6.61 Å². The molecule has 4 rings (SSSR count). The van der Waals surface area contributed by atoms with Crippen LogP contribution < -0.4 is 5.32 Å². The molecule has 33 heavy (non-hydrogen) atoms. The molecule has 4 aliphatic rings. The summed E-state index contributed by atoms with van der Waals surface area (Å²) in [6, 6.07) is 0. The van der Waals surface area contributed by atoms with E-state index in [4.69, 9.17) is 4.74 Å². The molecule has 4 aliphatic carbocycles. The summed E-state index contributed by atoms with van der Waals surface area (Å²) in [4.78, 5) is 49.0. The number of Topliss-reactive ketones (excluding diaryl/α,β-unsaturated/α-hetero) is 1. The zero-order chi connectivity index (χ0) is 24.4. The molecule has 0 bridgehead atoms. The molecule has 7 atom stereocenters. The van der Waals surface area contributed by atoms with E-state index in [-0.39, 0.29) is 36.4 Å². The summed E-state index contributed by atoms with van der Waals surface area (Å²) in [5, 5.41) is 26.6. The molecule has 0 aliphatic heterocycles. The minimum atomic E-state index is -1.73. The van der Waals surface area contributed by atoms with Crippen LogP contribution in [0.3, 0.4) is 0 Å². The summed E-state index contributed by atoms with van der Waals surface area (Å²) < 4.78 is 4.90. The van der Waals surface area contributed by atoms with Gasteiger partial charge in [-0.2, -0.15) is 0 Å². The van der Waals surface area contributed by atoms with Crippen molar-refractivity contribution in [2.24, 2.45) is 22.7 Å². The number of aliphatic hydroxyl groups excluding tert-OH is 1. The predicted molar refractivity (Wildman–Crippen MR) is 118 cm³/mol. The minimum Gasteiger partial charge on any atom is -0.458 e. The van der Waals surface area contributed by atoms with E-state index in [1.165, 1.54) is 13.8 Å². The number of carbonyl (C=O) groups excluding carboxylic acids is 4. The topological polar surface area (TPSA) is 130 Å².